The largest absolute Gasteiger partial charge is 0.515 e. The number of carboxylic acid groups (broad SMARTS) is 2. The Morgan fingerprint density at radius 1 is 0.814 bits per heavy atom. The lowest BCUT2D eigenvalue weighted by atomic mass is 9.96. The Morgan fingerprint density at radius 2 is 1.40 bits per heavy atom. The van der Waals surface area contributed by atoms with Crippen LogP contribution < -0.4 is 10.6 Å². The van der Waals surface area contributed by atoms with Crippen LogP contribution in [-0.2, 0) is 9.59 Å². The first-order valence-corrected chi connectivity index (χ1v) is 14.6. The van der Waals surface area contributed by atoms with Gasteiger partial charge < -0.3 is 20.3 Å². The Bertz CT molecular complexity index is 1890. The van der Waals surface area contributed by atoms with Gasteiger partial charge in [-0.3, -0.25) is 9.59 Å². The van der Waals surface area contributed by atoms with Crippen LogP contribution in [0.5, 0.6) is 0 Å². The lowest BCUT2D eigenvalue weighted by Crippen LogP contribution is -2.25. The molecule has 0 aromatic carbocycles. The van der Waals surface area contributed by atoms with E-state index in [0.717, 1.165) is 56.7 Å². The van der Waals surface area contributed by atoms with E-state index in [1.54, 1.807) is 0 Å². The number of fused-ring (bicyclic) bond motifs is 5. The third-order valence-corrected chi connectivity index (χ3v) is 8.54. The lowest BCUT2D eigenvalue weighted by molar-refractivity contribution is -0.137. The van der Waals surface area contributed by atoms with Crippen LogP contribution in [0.25, 0.3) is 18.4 Å². The number of aromatic nitrogens is 1. The third-order valence-electron chi connectivity index (χ3n) is 8.28. The highest BCUT2D eigenvalue weighted by Gasteiger charge is 2.28. The van der Waals surface area contributed by atoms with Crippen molar-refractivity contribution in [2.24, 2.45) is 15.0 Å². The van der Waals surface area contributed by atoms with Gasteiger partial charge in [0.25, 0.3) is 0 Å². The summed E-state index contributed by atoms with van der Waals surface area (Å²) in [6.07, 6.45) is 9.06. The molecule has 0 amide bonds. The van der Waals surface area contributed by atoms with Gasteiger partial charge in [0.2, 0.25) is 0 Å². The third kappa shape index (κ3) is 5.67. The number of thiol groups is 1. The van der Waals surface area contributed by atoms with Crippen molar-refractivity contribution in [3.8, 4) is 0 Å². The molecule has 4 aliphatic rings. The molecule has 0 saturated carbocycles. The molecule has 222 valence electrons. The first kappa shape index (κ1) is 30.0. The first-order chi connectivity index (χ1) is 20.4. The summed E-state index contributed by atoms with van der Waals surface area (Å²) in [6.45, 7) is 9.73. The Balaban J connectivity index is 1.83. The fraction of sp³-hybridized carbons (Fsp3) is 0.303. The highest BCUT2D eigenvalue weighted by molar-refractivity contribution is 7.81. The number of hydrogen-bond donors (Lipinski definition) is 5. The number of carbonyl (C=O) groups is 2. The van der Waals surface area contributed by atoms with Crippen molar-refractivity contribution in [3.63, 3.8) is 0 Å². The molecule has 0 radical (unpaired) electrons. The van der Waals surface area contributed by atoms with Gasteiger partial charge in [0.1, 0.15) is 0 Å². The number of rotatable bonds is 7. The highest BCUT2D eigenvalue weighted by atomic mass is 32.1. The molecule has 1 aromatic heterocycles. The van der Waals surface area contributed by atoms with Gasteiger partial charge in [-0.05, 0) is 111 Å². The molecule has 0 spiro atoms. The van der Waals surface area contributed by atoms with Crippen molar-refractivity contribution in [2.75, 3.05) is 0 Å². The Hall–Kier alpha value is -4.44. The van der Waals surface area contributed by atoms with Gasteiger partial charge in [-0.2, -0.15) is 12.6 Å². The summed E-state index contributed by atoms with van der Waals surface area (Å²) in [5.41, 5.74) is 10.8. The SMILES string of the molecule is CC1=C(CCC(=O)O)C2=CC3=NC(=Cc4[nH]c(/c(=C/O)c4C)=CC4=NC(=CC1=N2)C(C(C)S)=C4C)C(C)=C3CCC(=O)O. The van der Waals surface area contributed by atoms with Gasteiger partial charge >= 0.3 is 11.9 Å². The van der Waals surface area contributed by atoms with E-state index < -0.39 is 11.9 Å². The number of aromatic amines is 1. The van der Waals surface area contributed by atoms with Gasteiger partial charge in [0, 0.05) is 29.0 Å². The van der Waals surface area contributed by atoms with Crippen LogP contribution in [0.2, 0.25) is 0 Å². The molecule has 4 N–H and O–H groups in total. The van der Waals surface area contributed by atoms with Crippen molar-refractivity contribution in [1.29, 1.82) is 0 Å². The van der Waals surface area contributed by atoms with E-state index >= 15 is 0 Å². The molecule has 4 aliphatic heterocycles. The van der Waals surface area contributed by atoms with E-state index in [1.165, 1.54) is 0 Å². The van der Waals surface area contributed by atoms with Gasteiger partial charge in [-0.1, -0.05) is 0 Å². The normalized spacial score (nSPS) is 19.2. The summed E-state index contributed by atoms with van der Waals surface area (Å²) in [7, 11) is 0. The molecule has 5 heterocycles. The van der Waals surface area contributed by atoms with Crippen molar-refractivity contribution < 1.29 is 24.9 Å². The molecule has 0 saturated heterocycles. The Kier molecular flexibility index (Phi) is 8.16. The molecule has 10 heteroatoms. The van der Waals surface area contributed by atoms with E-state index in [9.17, 15) is 24.9 Å². The number of nitrogens with one attached hydrogen (secondary N) is 1. The molecular weight excluding hydrogens is 564 g/mol. The van der Waals surface area contributed by atoms with Crippen LogP contribution in [-0.4, -0.2) is 54.6 Å². The van der Waals surface area contributed by atoms with Crippen molar-refractivity contribution in [2.45, 2.75) is 65.6 Å². The molecule has 9 nitrogen and oxygen atoms in total. The van der Waals surface area contributed by atoms with E-state index in [0.29, 0.717) is 39.1 Å². The maximum atomic E-state index is 11.5. The monoisotopic (exact) mass is 598 g/mol. The number of hydrogen-bond acceptors (Lipinski definition) is 7. The minimum Gasteiger partial charge on any atom is -0.515 e. The first-order valence-electron chi connectivity index (χ1n) is 14.1. The summed E-state index contributed by atoms with van der Waals surface area (Å²) < 4.78 is 0. The summed E-state index contributed by atoms with van der Waals surface area (Å²) in [5, 5.41) is 30.3. The predicted octanol–water partition coefficient (Wildman–Crippen LogP) is 4.88. The smallest absolute Gasteiger partial charge is 0.303 e. The van der Waals surface area contributed by atoms with E-state index in [4.69, 9.17) is 27.6 Å². The fourth-order valence-corrected chi connectivity index (χ4v) is 6.19. The fourth-order valence-electron chi connectivity index (χ4n) is 5.86. The van der Waals surface area contributed by atoms with Crippen molar-refractivity contribution >= 4 is 60.1 Å². The summed E-state index contributed by atoms with van der Waals surface area (Å²) in [6, 6.07) is 0. The Labute approximate surface area is 254 Å². The molecule has 0 aliphatic carbocycles. The lowest BCUT2D eigenvalue weighted by Gasteiger charge is -2.09. The van der Waals surface area contributed by atoms with Crippen LogP contribution >= 0.6 is 12.6 Å². The number of aliphatic imine (C=N–C) groups is 3. The van der Waals surface area contributed by atoms with Gasteiger partial charge in [0.15, 0.2) is 0 Å². The maximum Gasteiger partial charge on any atom is 0.303 e. The van der Waals surface area contributed by atoms with Gasteiger partial charge in [-0.15, -0.1) is 0 Å². The van der Waals surface area contributed by atoms with E-state index in [2.05, 4.69) is 4.98 Å². The molecule has 1 atom stereocenters. The second kappa shape index (κ2) is 11.7. The summed E-state index contributed by atoms with van der Waals surface area (Å²) in [5.74, 6) is -1.82. The van der Waals surface area contributed by atoms with Gasteiger partial charge in [-0.25, -0.2) is 15.0 Å². The van der Waals surface area contributed by atoms with E-state index in [1.807, 2.05) is 58.9 Å². The van der Waals surface area contributed by atoms with E-state index in [-0.39, 0.29) is 30.9 Å². The second-order valence-corrected chi connectivity index (χ2v) is 11.8. The highest BCUT2D eigenvalue weighted by Crippen LogP contribution is 2.37. The number of aliphatic hydroxyl groups excluding tert-OH is 1. The van der Waals surface area contributed by atoms with Gasteiger partial charge in [0.05, 0.1) is 45.8 Å². The average molecular weight is 599 g/mol. The minimum atomic E-state index is -0.911. The van der Waals surface area contributed by atoms with Crippen LogP contribution in [0.15, 0.2) is 77.7 Å². The average Bonchev–Trinajstić information content (AvgIpc) is 3.59. The maximum absolute atomic E-state index is 11.5. The molecule has 1 aromatic rings. The number of aliphatic hydroxyl groups is 1. The number of nitrogens with zero attached hydrogens (tertiary/aromatic N) is 3. The predicted molar refractivity (Wildman–Crippen MR) is 173 cm³/mol. The summed E-state index contributed by atoms with van der Waals surface area (Å²) in [4.78, 5) is 41.3. The molecular formula is C33H34N4O5S. The Morgan fingerprint density at radius 3 is 2.02 bits per heavy atom. The zero-order valence-electron chi connectivity index (χ0n) is 24.7. The minimum absolute atomic E-state index is 0.0601. The molecule has 5 rings (SSSR count). The topological polar surface area (TPSA) is 148 Å². The zero-order chi connectivity index (χ0) is 31.2. The van der Waals surface area contributed by atoms with Crippen LogP contribution in [0.1, 0.15) is 64.6 Å². The molecule has 8 bridgehead atoms. The summed E-state index contributed by atoms with van der Waals surface area (Å²) >= 11 is 4.75. The molecule has 43 heavy (non-hydrogen) atoms. The van der Waals surface area contributed by atoms with Crippen LogP contribution in [0, 0.1) is 6.92 Å². The van der Waals surface area contributed by atoms with Crippen LogP contribution in [0.3, 0.4) is 0 Å². The standard InChI is InChI=1S/C33H34N4O5S/c1-15-20(6-8-31(39)40)27-13-28-21(7-9-32(41)42)16(2)25(35-28)12-30-33(19(5)43)18(4)26(37-30)11-29-22(14-38)17(3)24(36-29)10-23(15)34-27/h10-14,19,36,38,43H,6-9H2,1-5H3,(H,39,40)(H,41,42)/b22-14+,23-10?,28-13?,29-11?,30-12?. The number of carboxylic acids is 2. The number of allylic oxidation sites excluding steroid dienone is 8. The molecule has 1 unspecified atom stereocenters. The van der Waals surface area contributed by atoms with Crippen molar-refractivity contribution in [3.05, 3.63) is 84.5 Å². The second-order valence-electron chi connectivity index (χ2n) is 11.1. The number of H-pyrrole nitrogens is 1. The zero-order valence-corrected chi connectivity index (χ0v) is 25.6. The number of aliphatic carboxylic acids is 2. The quantitative estimate of drug-likeness (QED) is 0.284. The van der Waals surface area contributed by atoms with Crippen molar-refractivity contribution in [1.82, 2.24) is 4.98 Å². The molecule has 0 fully saturated rings. The van der Waals surface area contributed by atoms with Crippen LogP contribution in [0.4, 0.5) is 0 Å².